The number of esters is 1. The summed E-state index contributed by atoms with van der Waals surface area (Å²) >= 11 is 0. The summed E-state index contributed by atoms with van der Waals surface area (Å²) in [7, 11) is 1.65. The smallest absolute Gasteiger partial charge is 0.343 e. The highest BCUT2D eigenvalue weighted by Gasteiger charge is 2.15. The fraction of sp³-hybridized carbons (Fsp3) is 0.0800. The van der Waals surface area contributed by atoms with E-state index in [1.807, 2.05) is 73.7 Å². The van der Waals surface area contributed by atoms with Crippen molar-refractivity contribution in [1.82, 2.24) is 4.98 Å². The topological polar surface area (TPSA) is 51.3 Å². The molecule has 0 aliphatic carbocycles. The van der Waals surface area contributed by atoms with Crippen LogP contribution in [0.25, 0.3) is 32.6 Å². The highest BCUT2D eigenvalue weighted by Crippen LogP contribution is 2.34. The van der Waals surface area contributed by atoms with Gasteiger partial charge in [0, 0.05) is 22.4 Å². The van der Waals surface area contributed by atoms with Crippen LogP contribution in [0.2, 0.25) is 0 Å². The minimum absolute atomic E-state index is 0.365. The lowest BCUT2D eigenvalue weighted by molar-refractivity contribution is 0.0734. The van der Waals surface area contributed by atoms with Crippen LogP contribution in [-0.2, 0) is 0 Å². The number of aromatic amines is 1. The molecule has 1 heterocycles. The SMILES string of the molecule is COc1ccc2c(c1)[nH]c1c(C)c(OC(=O)c3ccc4ccccc4c3)ccc12. The van der Waals surface area contributed by atoms with E-state index in [1.165, 1.54) is 0 Å². The molecule has 0 saturated heterocycles. The number of ether oxygens (including phenoxy) is 2. The zero-order chi connectivity index (χ0) is 20.0. The summed E-state index contributed by atoms with van der Waals surface area (Å²) in [5.74, 6) is 0.981. The summed E-state index contributed by atoms with van der Waals surface area (Å²) in [6.07, 6.45) is 0. The zero-order valence-electron chi connectivity index (χ0n) is 16.2. The van der Waals surface area contributed by atoms with Gasteiger partial charge in [0.2, 0.25) is 0 Å². The first kappa shape index (κ1) is 17.3. The van der Waals surface area contributed by atoms with Crippen molar-refractivity contribution in [2.75, 3.05) is 7.11 Å². The molecule has 1 aromatic heterocycles. The van der Waals surface area contributed by atoms with Crippen molar-refractivity contribution in [2.24, 2.45) is 0 Å². The maximum Gasteiger partial charge on any atom is 0.343 e. The lowest BCUT2D eigenvalue weighted by Gasteiger charge is -2.09. The molecule has 0 fully saturated rings. The molecule has 4 nitrogen and oxygen atoms in total. The monoisotopic (exact) mass is 381 g/mol. The van der Waals surface area contributed by atoms with Gasteiger partial charge in [0.1, 0.15) is 11.5 Å². The van der Waals surface area contributed by atoms with Gasteiger partial charge in [-0.25, -0.2) is 4.79 Å². The molecular weight excluding hydrogens is 362 g/mol. The van der Waals surface area contributed by atoms with Gasteiger partial charge < -0.3 is 14.5 Å². The molecular formula is C25H19NO3. The number of hydrogen-bond donors (Lipinski definition) is 1. The Kier molecular flexibility index (Phi) is 3.98. The first-order valence-corrected chi connectivity index (χ1v) is 9.44. The molecule has 5 aromatic rings. The molecule has 29 heavy (non-hydrogen) atoms. The van der Waals surface area contributed by atoms with Crippen LogP contribution in [-0.4, -0.2) is 18.1 Å². The number of carbonyl (C=O) groups is 1. The average molecular weight is 381 g/mol. The van der Waals surface area contributed by atoms with E-state index < -0.39 is 0 Å². The summed E-state index contributed by atoms with van der Waals surface area (Å²) in [5.41, 5.74) is 3.37. The number of hydrogen-bond acceptors (Lipinski definition) is 3. The number of methoxy groups -OCH3 is 1. The maximum absolute atomic E-state index is 12.8. The minimum Gasteiger partial charge on any atom is -0.497 e. The zero-order valence-corrected chi connectivity index (χ0v) is 16.2. The van der Waals surface area contributed by atoms with Crippen molar-refractivity contribution >= 4 is 38.5 Å². The van der Waals surface area contributed by atoms with Gasteiger partial charge in [-0.2, -0.15) is 0 Å². The predicted molar refractivity (Wildman–Crippen MR) is 116 cm³/mol. The van der Waals surface area contributed by atoms with E-state index in [9.17, 15) is 4.79 Å². The van der Waals surface area contributed by atoms with Gasteiger partial charge in [-0.1, -0.05) is 30.3 Å². The largest absolute Gasteiger partial charge is 0.497 e. The third-order valence-electron chi connectivity index (χ3n) is 5.38. The Labute approximate surface area is 167 Å². The van der Waals surface area contributed by atoms with E-state index in [0.29, 0.717) is 11.3 Å². The maximum atomic E-state index is 12.8. The molecule has 0 radical (unpaired) electrons. The second-order valence-electron chi connectivity index (χ2n) is 7.10. The fourth-order valence-electron chi connectivity index (χ4n) is 3.79. The predicted octanol–water partition coefficient (Wildman–Crippen LogP) is 6.01. The molecule has 1 N–H and O–H groups in total. The van der Waals surface area contributed by atoms with Crippen molar-refractivity contribution in [3.8, 4) is 11.5 Å². The van der Waals surface area contributed by atoms with E-state index in [1.54, 1.807) is 13.2 Å². The van der Waals surface area contributed by atoms with Crippen molar-refractivity contribution < 1.29 is 14.3 Å². The molecule has 4 aromatic carbocycles. The Morgan fingerprint density at radius 2 is 1.66 bits per heavy atom. The Morgan fingerprint density at radius 1 is 0.862 bits per heavy atom. The lowest BCUT2D eigenvalue weighted by Crippen LogP contribution is -2.09. The Balaban J connectivity index is 1.53. The summed E-state index contributed by atoms with van der Waals surface area (Å²) < 4.78 is 11.1. The van der Waals surface area contributed by atoms with E-state index in [2.05, 4.69) is 4.98 Å². The van der Waals surface area contributed by atoms with Crippen LogP contribution in [0.4, 0.5) is 0 Å². The second kappa shape index (κ2) is 6.67. The minimum atomic E-state index is -0.365. The van der Waals surface area contributed by atoms with E-state index >= 15 is 0 Å². The van der Waals surface area contributed by atoms with Crippen LogP contribution >= 0.6 is 0 Å². The van der Waals surface area contributed by atoms with Gasteiger partial charge in [0.05, 0.1) is 23.7 Å². The van der Waals surface area contributed by atoms with Crippen LogP contribution in [0.1, 0.15) is 15.9 Å². The number of carbonyl (C=O) groups excluding carboxylic acids is 1. The van der Waals surface area contributed by atoms with E-state index in [4.69, 9.17) is 9.47 Å². The van der Waals surface area contributed by atoms with Crippen molar-refractivity contribution in [2.45, 2.75) is 6.92 Å². The first-order valence-electron chi connectivity index (χ1n) is 9.44. The first-order chi connectivity index (χ1) is 14.1. The number of benzene rings is 4. The van der Waals surface area contributed by atoms with E-state index in [0.717, 1.165) is 43.9 Å². The normalized spacial score (nSPS) is 11.2. The number of nitrogens with one attached hydrogen (secondary N) is 1. The molecule has 0 bridgehead atoms. The van der Waals surface area contributed by atoms with Gasteiger partial charge in [0.15, 0.2) is 0 Å². The summed E-state index contributed by atoms with van der Waals surface area (Å²) in [5, 5.41) is 4.30. The quantitative estimate of drug-likeness (QED) is 0.307. The third-order valence-corrected chi connectivity index (χ3v) is 5.38. The van der Waals surface area contributed by atoms with Gasteiger partial charge in [-0.05, 0) is 54.1 Å². The number of aromatic nitrogens is 1. The third kappa shape index (κ3) is 2.90. The van der Waals surface area contributed by atoms with Crippen molar-refractivity contribution in [1.29, 1.82) is 0 Å². The highest BCUT2D eigenvalue weighted by atomic mass is 16.5. The molecule has 4 heteroatoms. The molecule has 0 aliphatic rings. The molecule has 0 unspecified atom stereocenters. The van der Waals surface area contributed by atoms with Gasteiger partial charge in [0.25, 0.3) is 0 Å². The highest BCUT2D eigenvalue weighted by molar-refractivity contribution is 6.09. The molecule has 5 rings (SSSR count). The van der Waals surface area contributed by atoms with Gasteiger partial charge in [-0.15, -0.1) is 0 Å². The summed E-state index contributed by atoms with van der Waals surface area (Å²) in [6.45, 7) is 1.96. The van der Waals surface area contributed by atoms with Crippen molar-refractivity contribution in [3.63, 3.8) is 0 Å². The van der Waals surface area contributed by atoms with Crippen LogP contribution in [0.5, 0.6) is 11.5 Å². The molecule has 142 valence electrons. The number of fused-ring (bicyclic) bond motifs is 4. The standard InChI is InChI=1S/C25H19NO3/c1-15-23(29-25(27)18-8-7-16-5-3-4-6-17(16)13-18)12-11-21-20-10-9-19(28-2)14-22(20)26-24(15)21/h3-14,26H,1-2H3. The number of rotatable bonds is 3. The van der Waals surface area contributed by atoms with Crippen molar-refractivity contribution in [3.05, 3.63) is 83.9 Å². The second-order valence-corrected chi connectivity index (χ2v) is 7.10. The van der Waals surface area contributed by atoms with Crippen LogP contribution in [0.3, 0.4) is 0 Å². The molecule has 0 spiro atoms. The molecule has 0 saturated carbocycles. The fourth-order valence-corrected chi connectivity index (χ4v) is 3.79. The number of H-pyrrole nitrogens is 1. The van der Waals surface area contributed by atoms with Gasteiger partial charge >= 0.3 is 5.97 Å². The Bertz CT molecular complexity index is 1400. The lowest BCUT2D eigenvalue weighted by atomic mass is 10.1. The Hall–Kier alpha value is -3.79. The average Bonchev–Trinajstić information content (AvgIpc) is 3.13. The van der Waals surface area contributed by atoms with Crippen LogP contribution in [0, 0.1) is 6.92 Å². The van der Waals surface area contributed by atoms with Gasteiger partial charge in [-0.3, -0.25) is 0 Å². The van der Waals surface area contributed by atoms with E-state index in [-0.39, 0.29) is 5.97 Å². The number of aryl methyl sites for hydroxylation is 1. The Morgan fingerprint density at radius 3 is 2.48 bits per heavy atom. The van der Waals surface area contributed by atoms with Crippen LogP contribution in [0.15, 0.2) is 72.8 Å². The van der Waals surface area contributed by atoms with Crippen LogP contribution < -0.4 is 9.47 Å². The summed E-state index contributed by atoms with van der Waals surface area (Å²) in [4.78, 5) is 16.2. The molecule has 0 amide bonds. The summed E-state index contributed by atoms with van der Waals surface area (Å²) in [6, 6.07) is 23.3. The molecule has 0 aliphatic heterocycles. The molecule has 0 atom stereocenters.